The number of ether oxygens (including phenoxy) is 1. The summed E-state index contributed by atoms with van der Waals surface area (Å²) in [7, 11) is 0. The lowest BCUT2D eigenvalue weighted by atomic mass is 10.2. The molecule has 0 radical (unpaired) electrons. The zero-order valence-corrected chi connectivity index (χ0v) is 10.7. The normalized spacial score (nSPS) is 10.2. The summed E-state index contributed by atoms with van der Waals surface area (Å²) in [6.45, 7) is 3.86. The summed E-state index contributed by atoms with van der Waals surface area (Å²) in [5.74, 6) is 2.00. The third-order valence-corrected chi connectivity index (χ3v) is 2.43. The Kier molecular flexibility index (Phi) is 3.19. The summed E-state index contributed by atoms with van der Waals surface area (Å²) in [6.07, 6.45) is 0. The Labute approximate surface area is 103 Å². The smallest absolute Gasteiger partial charge is 0.223 e. The quantitative estimate of drug-likeness (QED) is 0.787. The van der Waals surface area contributed by atoms with Gasteiger partial charge in [0.25, 0.3) is 0 Å². The van der Waals surface area contributed by atoms with Gasteiger partial charge in [0.1, 0.15) is 16.2 Å². The van der Waals surface area contributed by atoms with Crippen molar-refractivity contribution in [1.29, 1.82) is 0 Å². The number of aryl methyl sites for hydroxylation is 2. The summed E-state index contributed by atoms with van der Waals surface area (Å²) in [5.41, 5.74) is 1.20. The van der Waals surface area contributed by atoms with Crippen molar-refractivity contribution in [2.45, 2.75) is 13.8 Å². The molecular weight excluding hydrogens is 268 g/mol. The highest BCUT2D eigenvalue weighted by molar-refractivity contribution is 9.10. The van der Waals surface area contributed by atoms with Crippen LogP contribution in [0.15, 0.2) is 34.9 Å². The molecule has 16 heavy (non-hydrogen) atoms. The molecular formula is C12H11BrN2O. The van der Waals surface area contributed by atoms with Gasteiger partial charge >= 0.3 is 0 Å². The van der Waals surface area contributed by atoms with E-state index < -0.39 is 0 Å². The van der Waals surface area contributed by atoms with Crippen molar-refractivity contribution in [2.75, 3.05) is 0 Å². The molecule has 0 aliphatic heterocycles. The van der Waals surface area contributed by atoms with E-state index in [9.17, 15) is 0 Å². The second-order valence-electron chi connectivity index (χ2n) is 3.49. The van der Waals surface area contributed by atoms with Crippen molar-refractivity contribution in [3.05, 3.63) is 46.3 Å². The minimum Gasteiger partial charge on any atom is -0.439 e. The van der Waals surface area contributed by atoms with Crippen LogP contribution in [0.1, 0.15) is 11.4 Å². The number of nitrogens with zero attached hydrogens (tertiary/aromatic N) is 2. The van der Waals surface area contributed by atoms with Crippen LogP contribution in [-0.2, 0) is 0 Å². The van der Waals surface area contributed by atoms with Crippen LogP contribution in [0.25, 0.3) is 0 Å². The van der Waals surface area contributed by atoms with Gasteiger partial charge in [0.2, 0.25) is 5.88 Å². The maximum Gasteiger partial charge on any atom is 0.223 e. The molecule has 0 aliphatic rings. The van der Waals surface area contributed by atoms with Crippen molar-refractivity contribution < 1.29 is 4.74 Å². The lowest BCUT2D eigenvalue weighted by Gasteiger charge is -2.05. The number of halogens is 1. The molecule has 1 aromatic heterocycles. The van der Waals surface area contributed by atoms with Crippen molar-refractivity contribution in [3.8, 4) is 11.6 Å². The first-order valence-corrected chi connectivity index (χ1v) is 5.68. The van der Waals surface area contributed by atoms with Gasteiger partial charge in [-0.25, -0.2) is 4.98 Å². The highest BCUT2D eigenvalue weighted by atomic mass is 79.9. The Balaban J connectivity index is 2.23. The van der Waals surface area contributed by atoms with Crippen molar-refractivity contribution in [3.63, 3.8) is 0 Å². The molecule has 0 unspecified atom stereocenters. The molecule has 1 aromatic carbocycles. The summed E-state index contributed by atoms with van der Waals surface area (Å²) in [4.78, 5) is 8.30. The van der Waals surface area contributed by atoms with Crippen LogP contribution in [0.5, 0.6) is 11.6 Å². The van der Waals surface area contributed by atoms with Crippen LogP contribution in [0, 0.1) is 13.8 Å². The van der Waals surface area contributed by atoms with Gasteiger partial charge < -0.3 is 4.74 Å². The molecule has 0 saturated carbocycles. The van der Waals surface area contributed by atoms with Gasteiger partial charge in [0, 0.05) is 6.07 Å². The lowest BCUT2D eigenvalue weighted by molar-refractivity contribution is 0.459. The van der Waals surface area contributed by atoms with Gasteiger partial charge in [0.15, 0.2) is 0 Å². The Morgan fingerprint density at radius 3 is 2.38 bits per heavy atom. The molecule has 0 N–H and O–H groups in total. The largest absolute Gasteiger partial charge is 0.439 e. The Hall–Kier alpha value is -1.42. The second-order valence-corrected chi connectivity index (χ2v) is 4.30. The molecule has 0 saturated heterocycles. The maximum absolute atomic E-state index is 5.61. The minimum atomic E-state index is 0.545. The number of rotatable bonds is 2. The van der Waals surface area contributed by atoms with Gasteiger partial charge in [-0.1, -0.05) is 17.7 Å². The molecule has 2 aromatic rings. The van der Waals surface area contributed by atoms with E-state index in [-0.39, 0.29) is 0 Å². The predicted octanol–water partition coefficient (Wildman–Crippen LogP) is 3.65. The van der Waals surface area contributed by atoms with Crippen LogP contribution in [0.3, 0.4) is 0 Å². The molecule has 0 spiro atoms. The van der Waals surface area contributed by atoms with Crippen molar-refractivity contribution in [2.24, 2.45) is 0 Å². The number of benzene rings is 1. The van der Waals surface area contributed by atoms with Crippen LogP contribution in [0.4, 0.5) is 0 Å². The highest BCUT2D eigenvalue weighted by Gasteiger charge is 2.02. The number of aromatic nitrogens is 2. The Morgan fingerprint density at radius 1 is 1.06 bits per heavy atom. The van der Waals surface area contributed by atoms with Crippen LogP contribution >= 0.6 is 15.9 Å². The van der Waals surface area contributed by atoms with Crippen LogP contribution < -0.4 is 4.74 Å². The maximum atomic E-state index is 5.61. The SMILES string of the molecule is Cc1ccc(Oc2cc(Br)nc(C)n2)cc1. The first-order chi connectivity index (χ1) is 7.63. The summed E-state index contributed by atoms with van der Waals surface area (Å²) < 4.78 is 6.34. The molecule has 82 valence electrons. The van der Waals surface area contributed by atoms with Gasteiger partial charge in [-0.15, -0.1) is 0 Å². The van der Waals surface area contributed by atoms with Crippen LogP contribution in [0.2, 0.25) is 0 Å². The summed E-state index contributed by atoms with van der Waals surface area (Å²) in [6, 6.07) is 9.57. The number of hydrogen-bond acceptors (Lipinski definition) is 3. The predicted molar refractivity (Wildman–Crippen MR) is 65.7 cm³/mol. The molecule has 1 heterocycles. The highest BCUT2D eigenvalue weighted by Crippen LogP contribution is 2.21. The zero-order valence-electron chi connectivity index (χ0n) is 9.07. The molecule has 3 nitrogen and oxygen atoms in total. The summed E-state index contributed by atoms with van der Waals surface area (Å²) in [5, 5.41) is 0. The molecule has 4 heteroatoms. The van der Waals surface area contributed by atoms with E-state index in [1.807, 2.05) is 38.1 Å². The van der Waals surface area contributed by atoms with E-state index in [4.69, 9.17) is 4.74 Å². The third kappa shape index (κ3) is 2.79. The van der Waals surface area contributed by atoms with Gasteiger partial charge in [-0.05, 0) is 41.9 Å². The molecule has 0 amide bonds. The molecule has 0 fully saturated rings. The fourth-order valence-electron chi connectivity index (χ4n) is 1.28. The zero-order chi connectivity index (χ0) is 11.5. The van der Waals surface area contributed by atoms with E-state index >= 15 is 0 Å². The van der Waals surface area contributed by atoms with Crippen molar-refractivity contribution >= 4 is 15.9 Å². The molecule has 0 bridgehead atoms. The van der Waals surface area contributed by atoms with E-state index in [0.717, 1.165) is 10.4 Å². The first kappa shape index (κ1) is 11.1. The van der Waals surface area contributed by atoms with E-state index in [1.165, 1.54) is 5.56 Å². The van der Waals surface area contributed by atoms with E-state index in [1.54, 1.807) is 6.07 Å². The fraction of sp³-hybridized carbons (Fsp3) is 0.167. The van der Waals surface area contributed by atoms with Crippen molar-refractivity contribution in [1.82, 2.24) is 9.97 Å². The Morgan fingerprint density at radius 2 is 1.75 bits per heavy atom. The minimum absolute atomic E-state index is 0.545. The lowest BCUT2D eigenvalue weighted by Crippen LogP contribution is -1.93. The molecule has 0 atom stereocenters. The second kappa shape index (κ2) is 4.61. The average molecular weight is 279 g/mol. The van der Waals surface area contributed by atoms with Gasteiger partial charge in [0.05, 0.1) is 0 Å². The van der Waals surface area contributed by atoms with Gasteiger partial charge in [-0.2, -0.15) is 4.98 Å². The van der Waals surface area contributed by atoms with Crippen LogP contribution in [-0.4, -0.2) is 9.97 Å². The van der Waals surface area contributed by atoms with E-state index in [0.29, 0.717) is 11.7 Å². The summed E-state index contributed by atoms with van der Waals surface area (Å²) >= 11 is 3.31. The standard InChI is InChI=1S/C12H11BrN2O/c1-8-3-5-10(6-4-8)16-12-7-11(13)14-9(2)15-12/h3-7H,1-2H3. The topological polar surface area (TPSA) is 35.0 Å². The molecule has 2 rings (SSSR count). The monoisotopic (exact) mass is 278 g/mol. The fourth-order valence-corrected chi connectivity index (χ4v) is 1.74. The third-order valence-electron chi connectivity index (χ3n) is 2.03. The Bertz CT molecular complexity index is 477. The first-order valence-electron chi connectivity index (χ1n) is 4.89. The molecule has 0 aliphatic carbocycles. The average Bonchev–Trinajstić information content (AvgIpc) is 2.20. The number of hydrogen-bond donors (Lipinski definition) is 0. The van der Waals surface area contributed by atoms with Gasteiger partial charge in [-0.3, -0.25) is 0 Å². The van der Waals surface area contributed by atoms with E-state index in [2.05, 4.69) is 25.9 Å².